The average Bonchev–Trinajstić information content (AvgIpc) is 2.75. The lowest BCUT2D eigenvalue weighted by Gasteiger charge is -2.40. The number of carboxylic acid groups (broad SMARTS) is 1. The normalized spacial score (nSPS) is 17.0. The van der Waals surface area contributed by atoms with Crippen LogP contribution in [0.2, 0.25) is 0 Å². The van der Waals surface area contributed by atoms with E-state index in [1.165, 1.54) is 0 Å². The van der Waals surface area contributed by atoms with Crippen LogP contribution >= 0.6 is 0 Å². The second-order valence-corrected chi connectivity index (χ2v) is 11.4. The summed E-state index contributed by atoms with van der Waals surface area (Å²) in [5.41, 5.74) is -0.846. The van der Waals surface area contributed by atoms with Gasteiger partial charge in [-0.05, 0) is 89.1 Å². The summed E-state index contributed by atoms with van der Waals surface area (Å²) in [5.74, 6) is -2.43. The molecule has 1 atom stereocenters. The van der Waals surface area contributed by atoms with Gasteiger partial charge in [-0.15, -0.1) is 0 Å². The second-order valence-electron chi connectivity index (χ2n) is 11.4. The third-order valence-electron chi connectivity index (χ3n) is 5.89. The lowest BCUT2D eigenvalue weighted by Crippen LogP contribution is -2.50. The Hall–Kier alpha value is -3.35. The monoisotopic (exact) mass is 496 g/mol. The third-order valence-corrected chi connectivity index (χ3v) is 5.89. The van der Waals surface area contributed by atoms with Crippen molar-refractivity contribution < 1.29 is 33.7 Å². The van der Waals surface area contributed by atoms with Crippen molar-refractivity contribution in [3.05, 3.63) is 65.2 Å². The predicted molar refractivity (Wildman–Crippen MR) is 135 cm³/mol. The molecule has 0 amide bonds. The smallest absolute Gasteiger partial charge is 0.324 e. The molecule has 194 valence electrons. The Morgan fingerprint density at radius 3 is 2.03 bits per heavy atom. The van der Waals surface area contributed by atoms with Gasteiger partial charge in [0.15, 0.2) is 5.41 Å². The minimum atomic E-state index is -1.65. The van der Waals surface area contributed by atoms with Crippen LogP contribution in [0, 0.1) is 5.41 Å². The molecular formula is C29H36O7. The fourth-order valence-electron chi connectivity index (χ4n) is 4.41. The first-order valence-electron chi connectivity index (χ1n) is 12.2. The van der Waals surface area contributed by atoms with Gasteiger partial charge < -0.3 is 19.3 Å². The molecule has 3 rings (SSSR count). The first-order valence-corrected chi connectivity index (χ1v) is 12.2. The number of hydrogen-bond donors (Lipinski definition) is 1. The molecular weight excluding hydrogens is 460 g/mol. The van der Waals surface area contributed by atoms with Gasteiger partial charge in [-0.25, -0.2) is 0 Å². The number of carbonyl (C=O) groups is 3. The van der Waals surface area contributed by atoms with Crippen molar-refractivity contribution in [1.82, 2.24) is 0 Å². The Kier molecular flexibility index (Phi) is 7.82. The number of carbonyl (C=O) groups excluding carboxylic acids is 2. The summed E-state index contributed by atoms with van der Waals surface area (Å²) in [6.45, 7) is 10.8. The minimum Gasteiger partial charge on any atom is -0.489 e. The Labute approximate surface area is 212 Å². The standard InChI is InChI=1S/C29H36O7/c1-27(2,3)35-25(32)29(26(33)36-28(4,5)6)16-20-12-13-22(34-18-19-10-8-7-9-11-19)15-23(20)21(17-29)14-24(30)31/h7-13,15,21H,14,16-18H2,1-6H3,(H,30,31). The number of hydrogen-bond acceptors (Lipinski definition) is 6. The molecule has 2 aromatic carbocycles. The molecule has 7 heteroatoms. The molecule has 36 heavy (non-hydrogen) atoms. The van der Waals surface area contributed by atoms with E-state index in [0.717, 1.165) is 11.1 Å². The summed E-state index contributed by atoms with van der Waals surface area (Å²) >= 11 is 0. The van der Waals surface area contributed by atoms with Crippen LogP contribution in [-0.2, 0) is 36.9 Å². The molecule has 0 spiro atoms. The van der Waals surface area contributed by atoms with Gasteiger partial charge in [-0.1, -0.05) is 36.4 Å². The highest BCUT2D eigenvalue weighted by atomic mass is 16.6. The highest BCUT2D eigenvalue weighted by molar-refractivity contribution is 6.01. The molecule has 0 heterocycles. The van der Waals surface area contributed by atoms with Crippen LogP contribution in [0.1, 0.15) is 77.0 Å². The number of benzene rings is 2. The van der Waals surface area contributed by atoms with Gasteiger partial charge in [0.25, 0.3) is 0 Å². The zero-order chi connectivity index (χ0) is 26.7. The maximum absolute atomic E-state index is 13.5. The van der Waals surface area contributed by atoms with E-state index in [2.05, 4.69) is 0 Å². The number of esters is 2. The number of ether oxygens (including phenoxy) is 3. The lowest BCUT2D eigenvalue weighted by atomic mass is 9.66. The van der Waals surface area contributed by atoms with Crippen LogP contribution in [0.4, 0.5) is 0 Å². The van der Waals surface area contributed by atoms with Gasteiger partial charge in [0.05, 0.1) is 6.42 Å². The minimum absolute atomic E-state index is 0.0295. The highest BCUT2D eigenvalue weighted by Crippen LogP contribution is 2.47. The SMILES string of the molecule is CC(C)(C)OC(=O)C1(C(=O)OC(C)(C)C)Cc2ccc(OCc3ccccc3)cc2C(CC(=O)O)C1. The zero-order valence-corrected chi connectivity index (χ0v) is 21.9. The quantitative estimate of drug-likeness (QED) is 0.402. The predicted octanol–water partition coefficient (Wildman–Crippen LogP) is 5.44. The maximum Gasteiger partial charge on any atom is 0.324 e. The Morgan fingerprint density at radius 1 is 0.917 bits per heavy atom. The summed E-state index contributed by atoms with van der Waals surface area (Å²) in [6, 6.07) is 15.1. The molecule has 1 unspecified atom stereocenters. The molecule has 0 radical (unpaired) electrons. The molecule has 1 N–H and O–H groups in total. The summed E-state index contributed by atoms with van der Waals surface area (Å²) in [7, 11) is 0. The van der Waals surface area contributed by atoms with E-state index in [9.17, 15) is 19.5 Å². The van der Waals surface area contributed by atoms with E-state index in [1.54, 1.807) is 53.7 Å². The van der Waals surface area contributed by atoms with Crippen molar-refractivity contribution in [2.75, 3.05) is 0 Å². The van der Waals surface area contributed by atoms with E-state index >= 15 is 0 Å². The van der Waals surface area contributed by atoms with Crippen LogP contribution in [0.5, 0.6) is 5.75 Å². The molecule has 7 nitrogen and oxygen atoms in total. The zero-order valence-electron chi connectivity index (χ0n) is 21.9. The van der Waals surface area contributed by atoms with Gasteiger partial charge in [0, 0.05) is 0 Å². The second kappa shape index (κ2) is 10.3. The maximum atomic E-state index is 13.5. The van der Waals surface area contributed by atoms with Crippen LogP contribution in [0.15, 0.2) is 48.5 Å². The molecule has 1 aliphatic carbocycles. The fourth-order valence-corrected chi connectivity index (χ4v) is 4.41. The van der Waals surface area contributed by atoms with E-state index in [1.807, 2.05) is 36.4 Å². The largest absolute Gasteiger partial charge is 0.489 e. The first-order chi connectivity index (χ1) is 16.7. The van der Waals surface area contributed by atoms with Crippen molar-refractivity contribution in [2.45, 2.75) is 84.5 Å². The van der Waals surface area contributed by atoms with Crippen molar-refractivity contribution in [3.63, 3.8) is 0 Å². The summed E-state index contributed by atoms with van der Waals surface area (Å²) in [4.78, 5) is 38.9. The lowest BCUT2D eigenvalue weighted by molar-refractivity contribution is -0.187. The highest BCUT2D eigenvalue weighted by Gasteiger charge is 2.55. The van der Waals surface area contributed by atoms with Crippen molar-refractivity contribution >= 4 is 17.9 Å². The van der Waals surface area contributed by atoms with Gasteiger partial charge >= 0.3 is 17.9 Å². The molecule has 0 aromatic heterocycles. The topological polar surface area (TPSA) is 99.1 Å². The number of rotatable bonds is 7. The Balaban J connectivity index is 2.01. The summed E-state index contributed by atoms with van der Waals surface area (Å²) in [6.07, 6.45) is -0.220. The first kappa shape index (κ1) is 27.2. The van der Waals surface area contributed by atoms with E-state index < -0.39 is 40.4 Å². The van der Waals surface area contributed by atoms with Gasteiger partial charge in [0.2, 0.25) is 0 Å². The van der Waals surface area contributed by atoms with Crippen LogP contribution < -0.4 is 4.74 Å². The molecule has 0 fully saturated rings. The molecule has 1 aliphatic rings. The van der Waals surface area contributed by atoms with E-state index in [-0.39, 0.29) is 19.3 Å². The molecule has 2 aromatic rings. The van der Waals surface area contributed by atoms with Crippen LogP contribution in [-0.4, -0.2) is 34.2 Å². The molecule has 0 aliphatic heterocycles. The molecule has 0 bridgehead atoms. The molecule has 0 saturated heterocycles. The fraction of sp³-hybridized carbons (Fsp3) is 0.483. The molecule has 0 saturated carbocycles. The Morgan fingerprint density at radius 2 is 1.50 bits per heavy atom. The van der Waals surface area contributed by atoms with E-state index in [0.29, 0.717) is 17.9 Å². The van der Waals surface area contributed by atoms with Crippen molar-refractivity contribution in [1.29, 1.82) is 0 Å². The van der Waals surface area contributed by atoms with E-state index in [4.69, 9.17) is 14.2 Å². The van der Waals surface area contributed by atoms with Gasteiger partial charge in [-0.3, -0.25) is 14.4 Å². The van der Waals surface area contributed by atoms with Crippen molar-refractivity contribution in [3.8, 4) is 5.75 Å². The number of fused-ring (bicyclic) bond motifs is 1. The Bertz CT molecular complexity index is 1080. The van der Waals surface area contributed by atoms with Gasteiger partial charge in [0.1, 0.15) is 23.6 Å². The van der Waals surface area contributed by atoms with Crippen molar-refractivity contribution in [2.24, 2.45) is 5.41 Å². The average molecular weight is 497 g/mol. The summed E-state index contributed by atoms with van der Waals surface area (Å²) in [5, 5.41) is 9.67. The summed E-state index contributed by atoms with van der Waals surface area (Å²) < 4.78 is 17.3. The number of carboxylic acids is 1. The van der Waals surface area contributed by atoms with Crippen LogP contribution in [0.3, 0.4) is 0 Å². The van der Waals surface area contributed by atoms with Crippen LogP contribution in [0.25, 0.3) is 0 Å². The van der Waals surface area contributed by atoms with Gasteiger partial charge in [-0.2, -0.15) is 0 Å². The number of aliphatic carboxylic acids is 1. The third kappa shape index (κ3) is 6.86.